The van der Waals surface area contributed by atoms with E-state index in [4.69, 9.17) is 9.16 Å². The van der Waals surface area contributed by atoms with Gasteiger partial charge in [0.2, 0.25) is 0 Å². The van der Waals surface area contributed by atoms with Gasteiger partial charge in [0.05, 0.1) is 12.3 Å². The molecule has 1 amide bonds. The Bertz CT molecular complexity index is 692. The summed E-state index contributed by atoms with van der Waals surface area (Å²) in [6.45, 7) is 21.2. The molecule has 1 rings (SSSR count). The van der Waals surface area contributed by atoms with Gasteiger partial charge in [-0.1, -0.05) is 34.6 Å². The van der Waals surface area contributed by atoms with Crippen LogP contribution in [0.1, 0.15) is 78.6 Å². The predicted octanol–water partition coefficient (Wildman–Crippen LogP) is 5.98. The number of aliphatic hydroxyl groups is 1. The number of hydrogen-bond acceptors (Lipinski definition) is 6. The van der Waals surface area contributed by atoms with Gasteiger partial charge >= 0.3 is 6.09 Å². The summed E-state index contributed by atoms with van der Waals surface area (Å²) >= 11 is 1.44. The molecule has 6 nitrogen and oxygen atoms in total. The van der Waals surface area contributed by atoms with Crippen molar-refractivity contribution in [3.63, 3.8) is 0 Å². The fourth-order valence-corrected chi connectivity index (χ4v) is 4.43. The number of carbonyl (C=O) groups is 1. The van der Waals surface area contributed by atoms with Gasteiger partial charge in [-0.2, -0.15) is 0 Å². The van der Waals surface area contributed by atoms with E-state index < -0.39 is 20.0 Å². The van der Waals surface area contributed by atoms with Gasteiger partial charge in [-0.15, -0.1) is 11.3 Å². The summed E-state index contributed by atoms with van der Waals surface area (Å²) in [5.41, 5.74) is 0.292. The third kappa shape index (κ3) is 7.94. The van der Waals surface area contributed by atoms with E-state index in [0.717, 1.165) is 5.69 Å². The van der Waals surface area contributed by atoms with Crippen molar-refractivity contribution < 1.29 is 19.1 Å². The smallest absolute Gasteiger partial charge is 0.410 e. The second-order valence-corrected chi connectivity index (χ2v) is 16.6. The summed E-state index contributed by atoms with van der Waals surface area (Å²) in [7, 11) is -0.122. The molecular weight excluding hydrogens is 416 g/mol. The van der Waals surface area contributed by atoms with Gasteiger partial charge in [0.1, 0.15) is 16.7 Å². The van der Waals surface area contributed by atoms with Crippen LogP contribution in [0.25, 0.3) is 0 Å². The average Bonchev–Trinajstić information content (AvgIpc) is 3.03. The lowest BCUT2D eigenvalue weighted by atomic mass is 9.97. The summed E-state index contributed by atoms with van der Waals surface area (Å²) in [5.74, 6) is 0.165. The zero-order valence-corrected chi connectivity index (χ0v) is 22.5. The molecule has 0 aromatic carbocycles. The molecule has 0 bridgehead atoms. The number of carbonyl (C=O) groups excluding carboxylic acids is 1. The quantitative estimate of drug-likeness (QED) is 0.485. The molecule has 0 aliphatic rings. The number of nitrogens with zero attached hydrogens (tertiary/aromatic N) is 2. The van der Waals surface area contributed by atoms with E-state index in [2.05, 4.69) is 38.8 Å². The molecule has 1 aromatic rings. The van der Waals surface area contributed by atoms with Gasteiger partial charge in [0.15, 0.2) is 8.32 Å². The van der Waals surface area contributed by atoms with Crippen molar-refractivity contribution in [2.45, 2.75) is 104 Å². The summed E-state index contributed by atoms with van der Waals surface area (Å²) in [6, 6.07) is -0.161. The standard InChI is InChI=1S/C22H42N2O4SSi/c1-15(2)17(24(9)20(26)28-21(3,4)5)12-18(25)19-23-16(14-29-19)13-27-30(10,11)22(6,7)8/h14-15,17-18,25H,12-13H2,1-11H3/t17?,18-/m1/s1. The van der Waals surface area contributed by atoms with Crippen LogP contribution in [0.2, 0.25) is 18.1 Å². The fraction of sp³-hybridized carbons (Fsp3) is 0.818. The van der Waals surface area contributed by atoms with Gasteiger partial charge in [0, 0.05) is 24.9 Å². The number of ether oxygens (including phenoxy) is 1. The number of thiazole rings is 1. The Morgan fingerprint density at radius 1 is 1.23 bits per heavy atom. The van der Waals surface area contributed by atoms with Crippen LogP contribution in [0, 0.1) is 5.92 Å². The number of aromatic nitrogens is 1. The second kappa shape index (κ2) is 10.1. The molecule has 1 heterocycles. The van der Waals surface area contributed by atoms with Crippen molar-refractivity contribution in [1.29, 1.82) is 0 Å². The van der Waals surface area contributed by atoms with Crippen LogP contribution in [-0.4, -0.2) is 48.1 Å². The number of amides is 1. The van der Waals surface area contributed by atoms with E-state index in [9.17, 15) is 9.90 Å². The van der Waals surface area contributed by atoms with Crippen LogP contribution in [-0.2, 0) is 15.8 Å². The van der Waals surface area contributed by atoms with E-state index in [1.165, 1.54) is 11.3 Å². The molecule has 0 fully saturated rings. The molecule has 0 saturated heterocycles. The third-order valence-corrected chi connectivity index (χ3v) is 11.1. The van der Waals surface area contributed by atoms with E-state index in [0.29, 0.717) is 18.0 Å². The summed E-state index contributed by atoms with van der Waals surface area (Å²) in [6.07, 6.45) is -0.714. The molecule has 0 saturated carbocycles. The van der Waals surface area contributed by atoms with Crippen LogP contribution in [0.3, 0.4) is 0 Å². The maximum Gasteiger partial charge on any atom is 0.410 e. The molecular formula is C22H42N2O4SSi. The van der Waals surface area contributed by atoms with E-state index in [-0.39, 0.29) is 23.1 Å². The van der Waals surface area contributed by atoms with Crippen molar-refractivity contribution in [2.75, 3.05) is 7.05 Å². The third-order valence-electron chi connectivity index (χ3n) is 5.65. The summed E-state index contributed by atoms with van der Waals surface area (Å²) in [5, 5.41) is 13.6. The molecule has 174 valence electrons. The van der Waals surface area contributed by atoms with Crippen molar-refractivity contribution >= 4 is 25.7 Å². The summed E-state index contributed by atoms with van der Waals surface area (Å²) in [4.78, 5) is 18.7. The zero-order valence-electron chi connectivity index (χ0n) is 20.7. The molecule has 0 radical (unpaired) electrons. The number of aliphatic hydroxyl groups excluding tert-OH is 1. The topological polar surface area (TPSA) is 71.9 Å². The second-order valence-electron chi connectivity index (χ2n) is 10.9. The van der Waals surface area contributed by atoms with Gasteiger partial charge < -0.3 is 19.2 Å². The highest BCUT2D eigenvalue weighted by atomic mass is 32.1. The molecule has 0 aliphatic carbocycles. The molecule has 30 heavy (non-hydrogen) atoms. The van der Waals surface area contributed by atoms with Gasteiger partial charge in [-0.05, 0) is 44.8 Å². The number of rotatable bonds is 8. The largest absolute Gasteiger partial charge is 0.444 e. The Hall–Kier alpha value is -0.963. The highest BCUT2D eigenvalue weighted by molar-refractivity contribution is 7.09. The predicted molar refractivity (Wildman–Crippen MR) is 126 cm³/mol. The first-order valence-electron chi connectivity index (χ1n) is 10.7. The Kier molecular flexibility index (Phi) is 9.12. The van der Waals surface area contributed by atoms with E-state index in [1.54, 1.807) is 11.9 Å². The highest BCUT2D eigenvalue weighted by Crippen LogP contribution is 2.37. The minimum atomic E-state index is -1.85. The maximum absolute atomic E-state index is 12.5. The molecule has 0 spiro atoms. The van der Waals surface area contributed by atoms with Gasteiger partial charge in [0.25, 0.3) is 0 Å². The Morgan fingerprint density at radius 2 is 1.80 bits per heavy atom. The normalized spacial score (nSPS) is 15.2. The van der Waals surface area contributed by atoms with Crippen LogP contribution in [0.4, 0.5) is 4.79 Å². The first-order valence-corrected chi connectivity index (χ1v) is 14.5. The minimum absolute atomic E-state index is 0.141. The summed E-state index contributed by atoms with van der Waals surface area (Å²) < 4.78 is 11.7. The molecule has 1 N–H and O–H groups in total. The SMILES string of the molecule is CC(C)C(C[C@@H](O)c1nc(CO[Si](C)(C)C(C)(C)C)cs1)N(C)C(=O)OC(C)(C)C. The van der Waals surface area contributed by atoms with Crippen molar-refractivity contribution in [3.05, 3.63) is 16.1 Å². The Labute approximate surface area is 188 Å². The zero-order chi connectivity index (χ0) is 23.5. The first-order chi connectivity index (χ1) is 13.4. The van der Waals surface area contributed by atoms with Crippen molar-refractivity contribution in [1.82, 2.24) is 9.88 Å². The van der Waals surface area contributed by atoms with Gasteiger partial charge in [-0.3, -0.25) is 0 Å². The van der Waals surface area contributed by atoms with Crippen LogP contribution in [0.5, 0.6) is 0 Å². The van der Waals surface area contributed by atoms with E-state index in [1.807, 2.05) is 40.0 Å². The van der Waals surface area contributed by atoms with Gasteiger partial charge in [-0.25, -0.2) is 9.78 Å². The molecule has 2 atom stereocenters. The van der Waals surface area contributed by atoms with E-state index >= 15 is 0 Å². The first kappa shape index (κ1) is 27.1. The Balaban J connectivity index is 2.80. The molecule has 1 aromatic heterocycles. The average molecular weight is 459 g/mol. The van der Waals surface area contributed by atoms with Crippen molar-refractivity contribution in [3.8, 4) is 0 Å². The Morgan fingerprint density at radius 3 is 2.27 bits per heavy atom. The molecule has 8 heteroatoms. The monoisotopic (exact) mass is 458 g/mol. The lowest BCUT2D eigenvalue weighted by Crippen LogP contribution is -2.44. The van der Waals surface area contributed by atoms with Crippen molar-refractivity contribution in [2.24, 2.45) is 5.92 Å². The van der Waals surface area contributed by atoms with Crippen LogP contribution in [0.15, 0.2) is 5.38 Å². The van der Waals surface area contributed by atoms with Crippen LogP contribution < -0.4 is 0 Å². The molecule has 1 unspecified atom stereocenters. The van der Waals surface area contributed by atoms with Crippen LogP contribution >= 0.6 is 11.3 Å². The highest BCUT2D eigenvalue weighted by Gasteiger charge is 2.37. The maximum atomic E-state index is 12.5. The lowest BCUT2D eigenvalue weighted by Gasteiger charge is -2.35. The fourth-order valence-electron chi connectivity index (χ4n) is 2.69. The number of hydrogen-bond donors (Lipinski definition) is 1. The molecule has 0 aliphatic heterocycles. The minimum Gasteiger partial charge on any atom is -0.444 e. The lowest BCUT2D eigenvalue weighted by molar-refractivity contribution is 0.0106.